The Kier molecular flexibility index (Phi) is 11.8. The minimum Gasteiger partial charge on any atom is -0.354 e. The quantitative estimate of drug-likeness (QED) is 0.224. The average molecular weight is 659 g/mol. The van der Waals surface area contributed by atoms with Gasteiger partial charge in [-0.05, 0) is 56.2 Å². The van der Waals surface area contributed by atoms with Crippen LogP contribution in [0, 0.1) is 6.92 Å². The van der Waals surface area contributed by atoms with E-state index in [1.807, 2.05) is 13.8 Å². The zero-order chi connectivity index (χ0) is 30.3. The van der Waals surface area contributed by atoms with Crippen LogP contribution in [0.3, 0.4) is 0 Å². The topological polar surface area (TPSA) is 86.8 Å². The molecule has 0 fully saturated rings. The molecule has 3 aromatic carbocycles. The van der Waals surface area contributed by atoms with Gasteiger partial charge in [-0.15, -0.1) is 0 Å². The fourth-order valence-corrected chi connectivity index (χ4v) is 6.57. The van der Waals surface area contributed by atoms with Crippen LogP contribution in [0.25, 0.3) is 0 Å². The molecule has 0 aliphatic heterocycles. The Morgan fingerprint density at radius 1 is 0.878 bits per heavy atom. The van der Waals surface area contributed by atoms with Crippen molar-refractivity contribution >= 4 is 73.9 Å². The number of halogens is 4. The highest BCUT2D eigenvalue weighted by Crippen LogP contribution is 2.36. The lowest BCUT2D eigenvalue weighted by atomic mass is 10.1. The Labute approximate surface area is 261 Å². The van der Waals surface area contributed by atoms with Gasteiger partial charge in [0.1, 0.15) is 12.6 Å². The summed E-state index contributed by atoms with van der Waals surface area (Å²) >= 11 is 25.6. The second-order valence-corrected chi connectivity index (χ2v) is 12.8. The smallest absolute Gasteiger partial charge is 0.264 e. The zero-order valence-corrected chi connectivity index (χ0v) is 26.7. The Bertz CT molecular complexity index is 1480. The summed E-state index contributed by atoms with van der Waals surface area (Å²) in [6.45, 7) is 5.12. The Morgan fingerprint density at radius 3 is 2.05 bits per heavy atom. The van der Waals surface area contributed by atoms with Crippen LogP contribution in [0.1, 0.15) is 37.8 Å². The maximum atomic E-state index is 14.1. The van der Waals surface area contributed by atoms with E-state index in [0.717, 1.165) is 9.87 Å². The van der Waals surface area contributed by atoms with E-state index >= 15 is 0 Å². The molecule has 12 heteroatoms. The lowest BCUT2D eigenvalue weighted by Gasteiger charge is -2.33. The summed E-state index contributed by atoms with van der Waals surface area (Å²) in [7, 11) is -4.30. The summed E-state index contributed by atoms with van der Waals surface area (Å²) in [5.41, 5.74) is 1.31. The van der Waals surface area contributed by atoms with Crippen molar-refractivity contribution in [3.05, 3.63) is 91.9 Å². The molecule has 0 saturated heterocycles. The highest BCUT2D eigenvalue weighted by Gasteiger charge is 2.35. The number of anilines is 1. The minimum absolute atomic E-state index is 0.0206. The standard InChI is InChI=1S/C29H31Cl4N3O4S/c1-4-16-34-29(38)25(5-2)35(17-21-22(30)8-6-9-23(21)31)27(37)18-36(26-11-7-10-24(32)28(26)33)41(39,40)20-14-12-19(3)13-15-20/h6-15,25H,4-5,16-18H2,1-3H3,(H,34,38)/t25-/m1/s1. The van der Waals surface area contributed by atoms with Gasteiger partial charge in [0.15, 0.2) is 0 Å². The number of hydrogen-bond acceptors (Lipinski definition) is 4. The molecular formula is C29H31Cl4N3O4S. The molecule has 1 atom stereocenters. The monoisotopic (exact) mass is 657 g/mol. The summed E-state index contributed by atoms with van der Waals surface area (Å²) in [5.74, 6) is -1.04. The molecule has 0 aliphatic carbocycles. The van der Waals surface area contributed by atoms with Crippen molar-refractivity contribution in [2.45, 2.75) is 51.1 Å². The van der Waals surface area contributed by atoms with Gasteiger partial charge in [0.25, 0.3) is 10.0 Å². The highest BCUT2D eigenvalue weighted by molar-refractivity contribution is 7.92. The predicted octanol–water partition coefficient (Wildman–Crippen LogP) is 7.14. The number of aryl methyl sites for hydroxylation is 1. The number of nitrogens with one attached hydrogen (secondary N) is 1. The molecule has 2 amide bonds. The van der Waals surface area contributed by atoms with Gasteiger partial charge in [0.2, 0.25) is 11.8 Å². The van der Waals surface area contributed by atoms with Gasteiger partial charge in [-0.3, -0.25) is 13.9 Å². The van der Waals surface area contributed by atoms with Crippen LogP contribution in [0.15, 0.2) is 65.6 Å². The molecule has 41 heavy (non-hydrogen) atoms. The number of hydrogen-bond donors (Lipinski definition) is 1. The van der Waals surface area contributed by atoms with Crippen LogP contribution in [0.2, 0.25) is 20.1 Å². The number of sulfonamides is 1. The Balaban J connectivity index is 2.13. The molecule has 0 radical (unpaired) electrons. The van der Waals surface area contributed by atoms with Crippen molar-refractivity contribution in [1.29, 1.82) is 0 Å². The van der Waals surface area contributed by atoms with Crippen molar-refractivity contribution < 1.29 is 18.0 Å². The van der Waals surface area contributed by atoms with Crippen molar-refractivity contribution in [3.63, 3.8) is 0 Å². The van der Waals surface area contributed by atoms with Crippen LogP contribution < -0.4 is 9.62 Å². The summed E-state index contributed by atoms with van der Waals surface area (Å²) in [4.78, 5) is 28.6. The molecule has 7 nitrogen and oxygen atoms in total. The van der Waals surface area contributed by atoms with Gasteiger partial charge in [-0.25, -0.2) is 8.42 Å². The summed E-state index contributed by atoms with van der Waals surface area (Å²) in [6, 6.07) is 14.7. The third-order valence-electron chi connectivity index (χ3n) is 6.41. The molecule has 0 heterocycles. The SMILES string of the molecule is CCCNC(=O)[C@@H](CC)N(Cc1c(Cl)cccc1Cl)C(=O)CN(c1cccc(Cl)c1Cl)S(=O)(=O)c1ccc(C)cc1. The first-order chi connectivity index (χ1) is 19.4. The third-order valence-corrected chi connectivity index (χ3v) is 9.70. The fourth-order valence-electron chi connectivity index (χ4n) is 4.18. The molecule has 220 valence electrons. The largest absolute Gasteiger partial charge is 0.354 e. The van der Waals surface area contributed by atoms with Crippen LogP contribution in [-0.4, -0.2) is 44.3 Å². The number of benzene rings is 3. The minimum atomic E-state index is -4.30. The molecule has 0 aromatic heterocycles. The van der Waals surface area contributed by atoms with Crippen molar-refractivity contribution in [1.82, 2.24) is 10.2 Å². The van der Waals surface area contributed by atoms with Gasteiger partial charge < -0.3 is 10.2 Å². The van der Waals surface area contributed by atoms with Gasteiger partial charge in [-0.1, -0.05) is 90.1 Å². The predicted molar refractivity (Wildman–Crippen MR) is 167 cm³/mol. The number of nitrogens with zero attached hydrogens (tertiary/aromatic N) is 2. The number of amides is 2. The second-order valence-electron chi connectivity index (χ2n) is 9.33. The van der Waals surface area contributed by atoms with E-state index in [2.05, 4.69) is 5.32 Å². The molecule has 0 aliphatic rings. The first-order valence-electron chi connectivity index (χ1n) is 13.0. The van der Waals surface area contributed by atoms with E-state index in [9.17, 15) is 18.0 Å². The average Bonchev–Trinajstić information content (AvgIpc) is 2.93. The normalized spacial score (nSPS) is 12.1. The molecule has 0 bridgehead atoms. The van der Waals surface area contributed by atoms with Crippen LogP contribution in [0.5, 0.6) is 0 Å². The first-order valence-corrected chi connectivity index (χ1v) is 15.9. The lowest BCUT2D eigenvalue weighted by molar-refractivity contribution is -0.140. The van der Waals surface area contributed by atoms with E-state index in [1.165, 1.54) is 29.2 Å². The molecule has 3 rings (SSSR count). The van der Waals surface area contributed by atoms with E-state index < -0.39 is 28.5 Å². The van der Waals surface area contributed by atoms with Gasteiger partial charge >= 0.3 is 0 Å². The van der Waals surface area contributed by atoms with E-state index in [1.54, 1.807) is 43.3 Å². The number of rotatable bonds is 12. The first kappa shape index (κ1) is 33.0. The third kappa shape index (κ3) is 7.87. The molecule has 0 saturated carbocycles. The number of carbonyl (C=O) groups excluding carboxylic acids is 2. The maximum Gasteiger partial charge on any atom is 0.264 e. The van der Waals surface area contributed by atoms with Crippen molar-refractivity contribution in [2.24, 2.45) is 0 Å². The molecule has 3 aromatic rings. The van der Waals surface area contributed by atoms with Gasteiger partial charge in [0, 0.05) is 28.7 Å². The second kappa shape index (κ2) is 14.6. The maximum absolute atomic E-state index is 14.1. The molecule has 1 N–H and O–H groups in total. The Hall–Kier alpha value is -2.49. The summed E-state index contributed by atoms with van der Waals surface area (Å²) in [5, 5.41) is 3.52. The van der Waals surface area contributed by atoms with Crippen molar-refractivity contribution in [3.8, 4) is 0 Å². The van der Waals surface area contributed by atoms with Crippen LogP contribution >= 0.6 is 46.4 Å². The van der Waals surface area contributed by atoms with Crippen LogP contribution in [-0.2, 0) is 26.2 Å². The van der Waals surface area contributed by atoms with Gasteiger partial charge in [0.05, 0.1) is 20.6 Å². The summed E-state index contributed by atoms with van der Waals surface area (Å²) in [6.07, 6.45) is 0.953. The van der Waals surface area contributed by atoms with E-state index in [-0.39, 0.29) is 39.5 Å². The molecule has 0 spiro atoms. The fraction of sp³-hybridized carbons (Fsp3) is 0.310. The molecule has 0 unspecified atom stereocenters. The highest BCUT2D eigenvalue weighted by atomic mass is 35.5. The Morgan fingerprint density at radius 2 is 1.46 bits per heavy atom. The molecular weight excluding hydrogens is 628 g/mol. The lowest BCUT2D eigenvalue weighted by Crippen LogP contribution is -2.52. The van der Waals surface area contributed by atoms with Crippen molar-refractivity contribution in [2.75, 3.05) is 17.4 Å². The van der Waals surface area contributed by atoms with Gasteiger partial charge in [-0.2, -0.15) is 0 Å². The summed E-state index contributed by atoms with van der Waals surface area (Å²) < 4.78 is 28.9. The van der Waals surface area contributed by atoms with E-state index in [0.29, 0.717) is 28.6 Å². The number of carbonyl (C=O) groups is 2. The van der Waals surface area contributed by atoms with E-state index in [4.69, 9.17) is 46.4 Å². The zero-order valence-electron chi connectivity index (χ0n) is 22.8. The van der Waals surface area contributed by atoms with Crippen LogP contribution in [0.4, 0.5) is 5.69 Å².